The highest BCUT2D eigenvalue weighted by Gasteiger charge is 2.41. The van der Waals surface area contributed by atoms with Crippen molar-refractivity contribution in [2.24, 2.45) is 0 Å². The number of hydrogen-bond donors (Lipinski definition) is 2. The molecule has 8 nitrogen and oxygen atoms in total. The van der Waals surface area contributed by atoms with E-state index in [1.54, 1.807) is 12.1 Å². The maximum Gasteiger partial charge on any atom is 0.410 e. The number of rotatable bonds is 6. The lowest BCUT2D eigenvalue weighted by atomic mass is 10.2. The van der Waals surface area contributed by atoms with Gasteiger partial charge >= 0.3 is 18.2 Å². The summed E-state index contributed by atoms with van der Waals surface area (Å²) >= 11 is 0. The molecule has 1 aliphatic heterocycles. The van der Waals surface area contributed by atoms with Gasteiger partial charge in [0.15, 0.2) is 0 Å². The fraction of sp³-hybridized carbons (Fsp3) is 0.286. The van der Waals surface area contributed by atoms with E-state index in [9.17, 15) is 19.5 Å². The van der Waals surface area contributed by atoms with Gasteiger partial charge in [-0.15, -0.1) is 0 Å². The first-order chi connectivity index (χ1) is 14.0. The van der Waals surface area contributed by atoms with Crippen LogP contribution in [-0.4, -0.2) is 46.8 Å². The Kier molecular flexibility index (Phi) is 6.67. The number of likely N-dealkylation sites (tertiary alicyclic amines) is 1. The molecule has 0 saturated carbocycles. The molecule has 2 amide bonds. The van der Waals surface area contributed by atoms with Gasteiger partial charge in [-0.3, -0.25) is 4.90 Å². The topological polar surface area (TPSA) is 105 Å². The summed E-state index contributed by atoms with van der Waals surface area (Å²) in [7, 11) is 0. The van der Waals surface area contributed by atoms with Crippen molar-refractivity contribution in [3.8, 4) is 0 Å². The molecule has 1 aliphatic rings. The predicted molar refractivity (Wildman–Crippen MR) is 103 cm³/mol. The number of hydrogen-bond acceptors (Lipinski definition) is 5. The summed E-state index contributed by atoms with van der Waals surface area (Å²) in [4.78, 5) is 37.1. The summed E-state index contributed by atoms with van der Waals surface area (Å²) < 4.78 is 10.4. The third kappa shape index (κ3) is 5.71. The van der Waals surface area contributed by atoms with Gasteiger partial charge in [0.05, 0.1) is 6.04 Å². The summed E-state index contributed by atoms with van der Waals surface area (Å²) in [5.74, 6) is -1.15. The van der Waals surface area contributed by atoms with E-state index in [1.165, 1.54) is 0 Å². The van der Waals surface area contributed by atoms with Crippen molar-refractivity contribution in [1.29, 1.82) is 0 Å². The Morgan fingerprint density at radius 1 is 0.931 bits per heavy atom. The van der Waals surface area contributed by atoms with Gasteiger partial charge in [-0.05, 0) is 11.1 Å². The Hall–Kier alpha value is -3.55. The quantitative estimate of drug-likeness (QED) is 0.775. The fourth-order valence-corrected chi connectivity index (χ4v) is 3.11. The lowest BCUT2D eigenvalue weighted by Crippen LogP contribution is -2.41. The molecule has 2 aromatic carbocycles. The number of carboxylic acids is 1. The number of nitrogens with zero attached hydrogens (tertiary/aromatic N) is 1. The highest BCUT2D eigenvalue weighted by atomic mass is 16.6. The zero-order valence-electron chi connectivity index (χ0n) is 15.7. The first kappa shape index (κ1) is 20.2. The van der Waals surface area contributed by atoms with E-state index in [1.807, 2.05) is 48.5 Å². The Balaban J connectivity index is 1.51. The smallest absolute Gasteiger partial charge is 0.410 e. The molecule has 152 valence electrons. The van der Waals surface area contributed by atoms with Crippen LogP contribution in [0.1, 0.15) is 17.5 Å². The number of nitrogens with one attached hydrogen (secondary N) is 1. The number of ether oxygens (including phenoxy) is 2. The van der Waals surface area contributed by atoms with Crippen LogP contribution in [0.2, 0.25) is 0 Å². The highest BCUT2D eigenvalue weighted by molar-refractivity contribution is 5.81. The lowest BCUT2D eigenvalue weighted by Gasteiger charge is -2.20. The average Bonchev–Trinajstić information content (AvgIpc) is 3.16. The third-order valence-corrected chi connectivity index (χ3v) is 4.56. The molecule has 0 bridgehead atoms. The molecule has 1 fully saturated rings. The second kappa shape index (κ2) is 9.59. The molecule has 29 heavy (non-hydrogen) atoms. The first-order valence-corrected chi connectivity index (χ1v) is 9.20. The minimum Gasteiger partial charge on any atom is -0.480 e. The van der Waals surface area contributed by atoms with Crippen LogP contribution in [0.25, 0.3) is 0 Å². The molecule has 3 rings (SSSR count). The van der Waals surface area contributed by atoms with Crippen molar-refractivity contribution in [3.05, 3.63) is 71.8 Å². The SMILES string of the molecule is O=C(NC1CC(C(=O)O)N(C(=O)OCc2ccccc2)C1)OCc1ccccc1. The van der Waals surface area contributed by atoms with Crippen molar-refractivity contribution in [3.63, 3.8) is 0 Å². The molecule has 2 N–H and O–H groups in total. The van der Waals surface area contributed by atoms with E-state index in [0.717, 1.165) is 16.0 Å². The Bertz CT molecular complexity index is 843. The van der Waals surface area contributed by atoms with Gasteiger partial charge in [0, 0.05) is 13.0 Å². The van der Waals surface area contributed by atoms with E-state index in [-0.39, 0.29) is 26.2 Å². The van der Waals surface area contributed by atoms with Crippen molar-refractivity contribution in [2.45, 2.75) is 31.7 Å². The number of carboxylic acid groups (broad SMARTS) is 1. The molecule has 0 aromatic heterocycles. The van der Waals surface area contributed by atoms with Crippen LogP contribution >= 0.6 is 0 Å². The van der Waals surface area contributed by atoms with Crippen LogP contribution in [0.5, 0.6) is 0 Å². The van der Waals surface area contributed by atoms with Crippen LogP contribution < -0.4 is 5.32 Å². The Morgan fingerprint density at radius 3 is 2.03 bits per heavy atom. The minimum atomic E-state index is -1.15. The standard InChI is InChI=1S/C21H22N2O6/c24-19(25)18-11-17(22-20(26)28-13-15-7-3-1-4-8-15)12-23(18)21(27)29-14-16-9-5-2-6-10-16/h1-10,17-18H,11-14H2,(H,22,26)(H,24,25). The van der Waals surface area contributed by atoms with Gasteiger partial charge in [-0.1, -0.05) is 60.7 Å². The van der Waals surface area contributed by atoms with Crippen molar-refractivity contribution < 1.29 is 29.0 Å². The molecule has 0 radical (unpaired) electrons. The molecule has 1 saturated heterocycles. The summed E-state index contributed by atoms with van der Waals surface area (Å²) in [5, 5.41) is 12.0. The van der Waals surface area contributed by atoms with E-state index >= 15 is 0 Å². The molecular weight excluding hydrogens is 376 g/mol. The van der Waals surface area contributed by atoms with E-state index < -0.39 is 30.2 Å². The maximum absolute atomic E-state index is 12.4. The first-order valence-electron chi connectivity index (χ1n) is 9.20. The summed E-state index contributed by atoms with van der Waals surface area (Å²) in [6, 6.07) is 16.7. The van der Waals surface area contributed by atoms with Gasteiger partial charge in [0.2, 0.25) is 0 Å². The van der Waals surface area contributed by atoms with Gasteiger partial charge < -0.3 is 19.9 Å². The van der Waals surface area contributed by atoms with Crippen molar-refractivity contribution in [2.75, 3.05) is 6.54 Å². The van der Waals surface area contributed by atoms with Crippen molar-refractivity contribution in [1.82, 2.24) is 10.2 Å². The number of alkyl carbamates (subject to hydrolysis) is 1. The number of carbonyl (C=O) groups excluding carboxylic acids is 2. The molecular formula is C21H22N2O6. The highest BCUT2D eigenvalue weighted by Crippen LogP contribution is 2.20. The van der Waals surface area contributed by atoms with Gasteiger partial charge in [-0.2, -0.15) is 0 Å². The molecule has 2 atom stereocenters. The second-order valence-corrected chi connectivity index (χ2v) is 6.69. The van der Waals surface area contributed by atoms with Crippen LogP contribution in [-0.2, 0) is 27.5 Å². The number of carbonyl (C=O) groups is 3. The van der Waals surface area contributed by atoms with Crippen LogP contribution in [0.4, 0.5) is 9.59 Å². The zero-order chi connectivity index (χ0) is 20.6. The lowest BCUT2D eigenvalue weighted by molar-refractivity contribution is -0.141. The predicted octanol–water partition coefficient (Wildman–Crippen LogP) is 2.78. The molecule has 0 aliphatic carbocycles. The van der Waals surface area contributed by atoms with Gasteiger partial charge in [0.1, 0.15) is 19.3 Å². The maximum atomic E-state index is 12.4. The number of aliphatic carboxylic acids is 1. The van der Waals surface area contributed by atoms with Gasteiger partial charge in [-0.25, -0.2) is 14.4 Å². The van der Waals surface area contributed by atoms with Gasteiger partial charge in [0.25, 0.3) is 0 Å². The Labute approximate surface area is 168 Å². The van der Waals surface area contributed by atoms with Crippen LogP contribution in [0.3, 0.4) is 0 Å². The summed E-state index contributed by atoms with van der Waals surface area (Å²) in [6.07, 6.45) is -1.32. The normalized spacial score (nSPS) is 18.1. The Morgan fingerprint density at radius 2 is 1.48 bits per heavy atom. The van der Waals surface area contributed by atoms with E-state index in [2.05, 4.69) is 5.32 Å². The number of amides is 2. The van der Waals surface area contributed by atoms with E-state index in [4.69, 9.17) is 9.47 Å². The number of benzene rings is 2. The van der Waals surface area contributed by atoms with Crippen molar-refractivity contribution >= 4 is 18.2 Å². The molecule has 8 heteroatoms. The average molecular weight is 398 g/mol. The molecule has 2 aromatic rings. The second-order valence-electron chi connectivity index (χ2n) is 6.69. The molecule has 2 unspecified atom stereocenters. The third-order valence-electron chi connectivity index (χ3n) is 4.56. The van der Waals surface area contributed by atoms with Crippen LogP contribution in [0.15, 0.2) is 60.7 Å². The zero-order valence-corrected chi connectivity index (χ0v) is 15.7. The van der Waals surface area contributed by atoms with E-state index in [0.29, 0.717) is 0 Å². The minimum absolute atomic E-state index is 0.0328. The monoisotopic (exact) mass is 398 g/mol. The fourth-order valence-electron chi connectivity index (χ4n) is 3.11. The largest absolute Gasteiger partial charge is 0.480 e. The molecule has 1 heterocycles. The molecule has 0 spiro atoms. The summed E-state index contributed by atoms with van der Waals surface area (Å²) in [5.41, 5.74) is 1.63. The van der Waals surface area contributed by atoms with Crippen LogP contribution in [0, 0.1) is 0 Å². The summed E-state index contributed by atoms with van der Waals surface area (Å²) in [6.45, 7) is 0.176.